The van der Waals surface area contributed by atoms with E-state index >= 15 is 0 Å². The van der Waals surface area contributed by atoms with Crippen LogP contribution in [0.2, 0.25) is 0 Å². The van der Waals surface area contributed by atoms with Crippen molar-refractivity contribution in [1.29, 1.82) is 0 Å². The summed E-state index contributed by atoms with van der Waals surface area (Å²) < 4.78 is 0. The zero-order chi connectivity index (χ0) is 13.1. The first-order valence-electron chi connectivity index (χ1n) is 6.35. The SMILES string of the molecule is CC1CCN(Cc2ccc(C(N)=O)cc2)CC1O. The van der Waals surface area contributed by atoms with E-state index in [1.807, 2.05) is 12.1 Å². The maximum absolute atomic E-state index is 11.0. The molecule has 0 radical (unpaired) electrons. The third kappa shape index (κ3) is 3.09. The van der Waals surface area contributed by atoms with Gasteiger partial charge in [-0.1, -0.05) is 19.1 Å². The van der Waals surface area contributed by atoms with Gasteiger partial charge in [-0.05, 0) is 36.6 Å². The second kappa shape index (κ2) is 5.50. The number of amides is 1. The minimum atomic E-state index is -0.399. The van der Waals surface area contributed by atoms with Crippen LogP contribution in [0.4, 0.5) is 0 Å². The number of benzene rings is 1. The Bertz CT molecular complexity index is 416. The van der Waals surface area contributed by atoms with Gasteiger partial charge in [0, 0.05) is 18.7 Å². The van der Waals surface area contributed by atoms with Gasteiger partial charge in [-0.3, -0.25) is 9.69 Å². The molecule has 3 N–H and O–H groups in total. The molecular weight excluding hydrogens is 228 g/mol. The topological polar surface area (TPSA) is 66.6 Å². The predicted octanol–water partition coefficient (Wildman–Crippen LogP) is 0.988. The van der Waals surface area contributed by atoms with E-state index in [1.54, 1.807) is 12.1 Å². The van der Waals surface area contributed by atoms with Crippen molar-refractivity contribution in [3.8, 4) is 0 Å². The van der Waals surface area contributed by atoms with Crippen LogP contribution in [0.1, 0.15) is 29.3 Å². The third-order valence-electron chi connectivity index (χ3n) is 3.65. The van der Waals surface area contributed by atoms with Crippen LogP contribution in [0.5, 0.6) is 0 Å². The molecule has 1 amide bonds. The van der Waals surface area contributed by atoms with Gasteiger partial charge in [-0.25, -0.2) is 0 Å². The number of primary amides is 1. The quantitative estimate of drug-likeness (QED) is 0.838. The summed E-state index contributed by atoms with van der Waals surface area (Å²) in [6.07, 6.45) is 0.796. The average molecular weight is 248 g/mol. The van der Waals surface area contributed by atoms with Crippen LogP contribution in [0.15, 0.2) is 24.3 Å². The highest BCUT2D eigenvalue weighted by Crippen LogP contribution is 2.19. The van der Waals surface area contributed by atoms with E-state index in [1.165, 1.54) is 0 Å². The minimum Gasteiger partial charge on any atom is -0.392 e. The van der Waals surface area contributed by atoms with Crippen molar-refractivity contribution in [1.82, 2.24) is 4.90 Å². The van der Waals surface area contributed by atoms with Crippen molar-refractivity contribution >= 4 is 5.91 Å². The first-order valence-corrected chi connectivity index (χ1v) is 6.35. The lowest BCUT2D eigenvalue weighted by atomic mass is 9.95. The minimum absolute atomic E-state index is 0.233. The third-order valence-corrected chi connectivity index (χ3v) is 3.65. The van der Waals surface area contributed by atoms with Crippen LogP contribution < -0.4 is 5.73 Å². The van der Waals surface area contributed by atoms with Crippen LogP contribution in [0.25, 0.3) is 0 Å². The van der Waals surface area contributed by atoms with Gasteiger partial charge in [0.05, 0.1) is 6.10 Å². The van der Waals surface area contributed by atoms with Gasteiger partial charge in [0.1, 0.15) is 0 Å². The molecule has 1 aliphatic heterocycles. The number of nitrogens with two attached hydrogens (primary N) is 1. The molecule has 1 aliphatic rings. The Hall–Kier alpha value is -1.39. The highest BCUT2D eigenvalue weighted by molar-refractivity contribution is 5.92. The molecule has 4 heteroatoms. The molecule has 0 saturated carbocycles. The van der Waals surface area contributed by atoms with Crippen molar-refractivity contribution in [3.05, 3.63) is 35.4 Å². The molecule has 0 spiro atoms. The van der Waals surface area contributed by atoms with Gasteiger partial charge < -0.3 is 10.8 Å². The molecule has 2 rings (SSSR count). The molecule has 2 atom stereocenters. The summed E-state index contributed by atoms with van der Waals surface area (Å²) in [6.45, 7) is 4.63. The van der Waals surface area contributed by atoms with Gasteiger partial charge in [0.15, 0.2) is 0 Å². The fraction of sp³-hybridized carbons (Fsp3) is 0.500. The molecule has 0 aromatic heterocycles. The van der Waals surface area contributed by atoms with Crippen molar-refractivity contribution in [3.63, 3.8) is 0 Å². The molecule has 18 heavy (non-hydrogen) atoms. The number of hydrogen-bond donors (Lipinski definition) is 2. The maximum Gasteiger partial charge on any atom is 0.248 e. The van der Waals surface area contributed by atoms with E-state index in [9.17, 15) is 9.90 Å². The van der Waals surface area contributed by atoms with Gasteiger partial charge in [-0.2, -0.15) is 0 Å². The first kappa shape index (κ1) is 13.1. The standard InChI is InChI=1S/C14H20N2O2/c1-10-6-7-16(9-13(10)17)8-11-2-4-12(5-3-11)14(15)18/h2-5,10,13,17H,6-9H2,1H3,(H2,15,18). The zero-order valence-corrected chi connectivity index (χ0v) is 10.7. The summed E-state index contributed by atoms with van der Waals surface area (Å²) in [5, 5.41) is 9.84. The Balaban J connectivity index is 1.95. The number of piperidine rings is 1. The average Bonchev–Trinajstić information content (AvgIpc) is 2.34. The summed E-state index contributed by atoms with van der Waals surface area (Å²) in [5.41, 5.74) is 6.87. The van der Waals surface area contributed by atoms with Crippen molar-refractivity contribution in [2.45, 2.75) is 26.0 Å². The Morgan fingerprint density at radius 3 is 2.67 bits per heavy atom. The number of aliphatic hydroxyl groups is 1. The van der Waals surface area contributed by atoms with Crippen molar-refractivity contribution < 1.29 is 9.90 Å². The number of nitrogens with zero attached hydrogens (tertiary/aromatic N) is 1. The van der Waals surface area contributed by atoms with E-state index in [0.29, 0.717) is 11.5 Å². The normalized spacial score (nSPS) is 25.0. The van der Waals surface area contributed by atoms with Gasteiger partial charge in [0.25, 0.3) is 0 Å². The van der Waals surface area contributed by atoms with E-state index < -0.39 is 5.91 Å². The highest BCUT2D eigenvalue weighted by Gasteiger charge is 2.23. The largest absolute Gasteiger partial charge is 0.392 e. The molecule has 1 aromatic rings. The van der Waals surface area contributed by atoms with Crippen LogP contribution in [0.3, 0.4) is 0 Å². The van der Waals surface area contributed by atoms with Crippen LogP contribution in [-0.2, 0) is 6.54 Å². The highest BCUT2D eigenvalue weighted by atomic mass is 16.3. The van der Waals surface area contributed by atoms with E-state index in [-0.39, 0.29) is 6.10 Å². The summed E-state index contributed by atoms with van der Waals surface area (Å²) >= 11 is 0. The fourth-order valence-corrected chi connectivity index (χ4v) is 2.29. The Morgan fingerprint density at radius 1 is 1.44 bits per heavy atom. The molecule has 1 saturated heterocycles. The molecular formula is C14H20N2O2. The maximum atomic E-state index is 11.0. The molecule has 0 bridgehead atoms. The predicted molar refractivity (Wildman–Crippen MR) is 70.0 cm³/mol. The van der Waals surface area contributed by atoms with Crippen LogP contribution in [-0.4, -0.2) is 35.1 Å². The molecule has 4 nitrogen and oxygen atoms in total. The van der Waals surface area contributed by atoms with Gasteiger partial charge >= 0.3 is 0 Å². The van der Waals surface area contributed by atoms with Crippen molar-refractivity contribution in [2.75, 3.05) is 13.1 Å². The molecule has 2 unspecified atom stereocenters. The molecule has 98 valence electrons. The molecule has 1 fully saturated rings. The summed E-state index contributed by atoms with van der Waals surface area (Å²) in [6, 6.07) is 7.34. The number of likely N-dealkylation sites (tertiary alicyclic amines) is 1. The number of carbonyl (C=O) groups excluding carboxylic acids is 1. The van der Waals surface area contributed by atoms with Crippen molar-refractivity contribution in [2.24, 2.45) is 11.7 Å². The van der Waals surface area contributed by atoms with Crippen LogP contribution in [0, 0.1) is 5.92 Å². The Morgan fingerprint density at radius 2 is 2.11 bits per heavy atom. The fourth-order valence-electron chi connectivity index (χ4n) is 2.29. The number of carbonyl (C=O) groups is 1. The molecule has 1 aromatic carbocycles. The first-order chi connectivity index (χ1) is 8.56. The number of aliphatic hydroxyl groups excluding tert-OH is 1. The number of hydrogen-bond acceptors (Lipinski definition) is 3. The lowest BCUT2D eigenvalue weighted by molar-refractivity contribution is 0.0259. The van der Waals surface area contributed by atoms with Gasteiger partial charge in [0.2, 0.25) is 5.91 Å². The van der Waals surface area contributed by atoms with E-state index in [4.69, 9.17) is 5.73 Å². The van der Waals surface area contributed by atoms with E-state index in [0.717, 1.165) is 31.6 Å². The zero-order valence-electron chi connectivity index (χ0n) is 10.7. The lowest BCUT2D eigenvalue weighted by Gasteiger charge is -2.34. The summed E-state index contributed by atoms with van der Waals surface area (Å²) in [5.74, 6) is -0.0118. The van der Waals surface area contributed by atoms with E-state index in [2.05, 4.69) is 11.8 Å². The lowest BCUT2D eigenvalue weighted by Crippen LogP contribution is -2.42. The second-order valence-electron chi connectivity index (χ2n) is 5.13. The number of rotatable bonds is 3. The Labute approximate surface area is 107 Å². The molecule has 1 heterocycles. The molecule has 0 aliphatic carbocycles. The Kier molecular flexibility index (Phi) is 3.99. The van der Waals surface area contributed by atoms with Crippen LogP contribution >= 0.6 is 0 Å². The smallest absolute Gasteiger partial charge is 0.248 e. The summed E-state index contributed by atoms with van der Waals surface area (Å²) in [7, 11) is 0. The second-order valence-corrected chi connectivity index (χ2v) is 5.13. The number of β-amino-alcohol motifs (C(OH)–C–C–N with tert-alkyl or cyclic N) is 1. The monoisotopic (exact) mass is 248 g/mol. The van der Waals surface area contributed by atoms with Gasteiger partial charge in [-0.15, -0.1) is 0 Å². The summed E-state index contributed by atoms with van der Waals surface area (Å²) in [4.78, 5) is 13.2.